The zero-order valence-electron chi connectivity index (χ0n) is 11.3. The van der Waals surface area contributed by atoms with Crippen molar-refractivity contribution in [2.24, 2.45) is 5.73 Å². The summed E-state index contributed by atoms with van der Waals surface area (Å²) in [4.78, 5) is 6.11. The molecule has 6 nitrogen and oxygen atoms in total. The van der Waals surface area contributed by atoms with Gasteiger partial charge in [-0.05, 0) is 31.3 Å². The van der Waals surface area contributed by atoms with Crippen LogP contribution in [-0.2, 0) is 13.1 Å². The minimum Gasteiger partial charge on any atom is -0.492 e. The topological polar surface area (TPSA) is 77.4 Å². The van der Waals surface area contributed by atoms with E-state index in [1.54, 1.807) is 12.1 Å². The van der Waals surface area contributed by atoms with E-state index in [0.29, 0.717) is 37.2 Å². The first-order valence-electron chi connectivity index (χ1n) is 6.26. The van der Waals surface area contributed by atoms with Gasteiger partial charge >= 0.3 is 0 Å². The molecule has 108 valence electrons. The first-order chi connectivity index (χ1) is 9.67. The summed E-state index contributed by atoms with van der Waals surface area (Å²) in [6.07, 6.45) is 0. The number of nitrogens with two attached hydrogens (primary N) is 1. The molecule has 1 aromatic heterocycles. The van der Waals surface area contributed by atoms with Crippen molar-refractivity contribution >= 4 is 0 Å². The van der Waals surface area contributed by atoms with E-state index in [4.69, 9.17) is 15.0 Å². The van der Waals surface area contributed by atoms with Gasteiger partial charge in [-0.25, -0.2) is 4.39 Å². The fourth-order valence-electron chi connectivity index (χ4n) is 1.61. The molecule has 0 bridgehead atoms. The van der Waals surface area contributed by atoms with Gasteiger partial charge in [0.2, 0.25) is 5.89 Å². The quantitative estimate of drug-likeness (QED) is 0.820. The molecule has 0 radical (unpaired) electrons. The fourth-order valence-corrected chi connectivity index (χ4v) is 1.61. The lowest BCUT2D eigenvalue weighted by Crippen LogP contribution is -2.24. The van der Waals surface area contributed by atoms with E-state index >= 15 is 0 Å². The lowest BCUT2D eigenvalue weighted by Gasteiger charge is -2.14. The molecule has 0 aliphatic heterocycles. The first kappa shape index (κ1) is 14.4. The zero-order valence-corrected chi connectivity index (χ0v) is 11.3. The van der Waals surface area contributed by atoms with E-state index < -0.39 is 0 Å². The average Bonchev–Trinajstić information content (AvgIpc) is 2.88. The smallest absolute Gasteiger partial charge is 0.240 e. The molecule has 0 atom stereocenters. The molecule has 0 unspecified atom stereocenters. The maximum absolute atomic E-state index is 12.7. The van der Waals surface area contributed by atoms with Crippen LogP contribution in [-0.4, -0.2) is 35.2 Å². The number of halogens is 1. The third-order valence-corrected chi connectivity index (χ3v) is 2.65. The van der Waals surface area contributed by atoms with Gasteiger partial charge in [-0.3, -0.25) is 4.90 Å². The molecule has 0 fully saturated rings. The summed E-state index contributed by atoms with van der Waals surface area (Å²) in [6.45, 7) is 1.97. The van der Waals surface area contributed by atoms with Crippen molar-refractivity contribution in [2.75, 3.05) is 20.2 Å². The van der Waals surface area contributed by atoms with Crippen LogP contribution in [0.2, 0.25) is 0 Å². The zero-order chi connectivity index (χ0) is 14.4. The first-order valence-corrected chi connectivity index (χ1v) is 6.26. The second-order valence-corrected chi connectivity index (χ2v) is 4.35. The highest BCUT2D eigenvalue weighted by Gasteiger charge is 2.07. The molecule has 1 aromatic carbocycles. The molecule has 0 saturated heterocycles. The molecule has 2 N–H and O–H groups in total. The van der Waals surface area contributed by atoms with Crippen LogP contribution in [0, 0.1) is 5.82 Å². The third-order valence-electron chi connectivity index (χ3n) is 2.65. The molecule has 2 rings (SSSR count). The number of hydrogen-bond donors (Lipinski definition) is 1. The molecule has 20 heavy (non-hydrogen) atoms. The molecule has 7 heteroatoms. The Bertz CT molecular complexity index is 529. The molecular weight excluding hydrogens is 263 g/mol. The van der Waals surface area contributed by atoms with E-state index in [0.717, 1.165) is 0 Å². The van der Waals surface area contributed by atoms with Gasteiger partial charge in [-0.2, -0.15) is 4.98 Å². The molecule has 0 amide bonds. The summed E-state index contributed by atoms with van der Waals surface area (Å²) < 4.78 is 23.1. The van der Waals surface area contributed by atoms with E-state index in [1.165, 1.54) is 12.1 Å². The summed E-state index contributed by atoms with van der Waals surface area (Å²) >= 11 is 0. The average molecular weight is 280 g/mol. The molecule has 0 spiro atoms. The molecule has 1 heterocycles. The molecule has 2 aromatic rings. The van der Waals surface area contributed by atoms with Crippen molar-refractivity contribution in [2.45, 2.75) is 13.1 Å². The summed E-state index contributed by atoms with van der Waals surface area (Å²) in [5.74, 6) is 1.39. The number of benzene rings is 1. The van der Waals surface area contributed by atoms with Gasteiger partial charge in [0.25, 0.3) is 0 Å². The van der Waals surface area contributed by atoms with Crippen LogP contribution in [0.5, 0.6) is 5.75 Å². The minimum absolute atomic E-state index is 0.240. The highest BCUT2D eigenvalue weighted by Crippen LogP contribution is 2.10. The van der Waals surface area contributed by atoms with Gasteiger partial charge in [0.15, 0.2) is 5.82 Å². The standard InChI is InChI=1S/C13H17FN4O2/c1-18(9-12-16-13(8-15)20-17-12)6-7-19-11-4-2-10(14)3-5-11/h2-5H,6-9,15H2,1H3. The Morgan fingerprint density at radius 3 is 2.75 bits per heavy atom. The number of hydrogen-bond acceptors (Lipinski definition) is 6. The van der Waals surface area contributed by atoms with Crippen LogP contribution >= 0.6 is 0 Å². The molecule has 0 aliphatic rings. The van der Waals surface area contributed by atoms with Crippen molar-refractivity contribution in [3.63, 3.8) is 0 Å². The van der Waals surface area contributed by atoms with Crippen molar-refractivity contribution in [1.29, 1.82) is 0 Å². The minimum atomic E-state index is -0.276. The third kappa shape index (κ3) is 4.29. The number of rotatable bonds is 7. The largest absolute Gasteiger partial charge is 0.492 e. The lowest BCUT2D eigenvalue weighted by atomic mass is 10.3. The second-order valence-electron chi connectivity index (χ2n) is 4.35. The second kappa shape index (κ2) is 6.97. The van der Waals surface area contributed by atoms with E-state index in [9.17, 15) is 4.39 Å². The van der Waals surface area contributed by atoms with Gasteiger partial charge in [0.05, 0.1) is 13.1 Å². The van der Waals surface area contributed by atoms with E-state index in [2.05, 4.69) is 10.1 Å². The SMILES string of the molecule is CN(CCOc1ccc(F)cc1)Cc1noc(CN)n1. The van der Waals surface area contributed by atoms with Crippen LogP contribution < -0.4 is 10.5 Å². The van der Waals surface area contributed by atoms with E-state index in [1.807, 2.05) is 11.9 Å². The Kier molecular flexibility index (Phi) is 5.03. The fraction of sp³-hybridized carbons (Fsp3) is 0.385. The van der Waals surface area contributed by atoms with Gasteiger partial charge < -0.3 is 15.0 Å². The molecule has 0 saturated carbocycles. The van der Waals surface area contributed by atoms with Crippen molar-refractivity contribution < 1.29 is 13.7 Å². The van der Waals surface area contributed by atoms with Crippen LogP contribution in [0.25, 0.3) is 0 Å². The molecular formula is C13H17FN4O2. The maximum Gasteiger partial charge on any atom is 0.240 e. The van der Waals surface area contributed by atoms with Crippen molar-refractivity contribution in [3.05, 3.63) is 41.8 Å². The van der Waals surface area contributed by atoms with Crippen LogP contribution in [0.1, 0.15) is 11.7 Å². The maximum atomic E-state index is 12.7. The summed E-state index contributed by atoms with van der Waals surface area (Å²) in [7, 11) is 1.92. The van der Waals surface area contributed by atoms with Gasteiger partial charge in [-0.15, -0.1) is 0 Å². The normalized spacial score (nSPS) is 11.0. The van der Waals surface area contributed by atoms with Crippen molar-refractivity contribution in [3.8, 4) is 5.75 Å². The molecule has 0 aliphatic carbocycles. The number of aromatic nitrogens is 2. The predicted molar refractivity (Wildman–Crippen MR) is 70.4 cm³/mol. The van der Waals surface area contributed by atoms with Crippen LogP contribution in [0.4, 0.5) is 4.39 Å². The Morgan fingerprint density at radius 1 is 1.35 bits per heavy atom. The van der Waals surface area contributed by atoms with E-state index in [-0.39, 0.29) is 12.4 Å². The summed E-state index contributed by atoms with van der Waals surface area (Å²) in [6, 6.07) is 5.93. The Labute approximate surface area is 116 Å². The number of likely N-dealkylation sites (N-methyl/N-ethyl adjacent to an activating group) is 1. The van der Waals surface area contributed by atoms with Crippen LogP contribution in [0.3, 0.4) is 0 Å². The Balaban J connectivity index is 1.72. The summed E-state index contributed by atoms with van der Waals surface area (Å²) in [5, 5.41) is 3.81. The predicted octanol–water partition coefficient (Wildman–Crippen LogP) is 1.18. The lowest BCUT2D eigenvalue weighted by molar-refractivity contribution is 0.227. The van der Waals surface area contributed by atoms with Gasteiger partial charge in [-0.1, -0.05) is 5.16 Å². The monoisotopic (exact) mass is 280 g/mol. The van der Waals surface area contributed by atoms with Crippen molar-refractivity contribution in [1.82, 2.24) is 15.0 Å². The highest BCUT2D eigenvalue weighted by atomic mass is 19.1. The van der Waals surface area contributed by atoms with Crippen LogP contribution in [0.15, 0.2) is 28.8 Å². The highest BCUT2D eigenvalue weighted by molar-refractivity contribution is 5.21. The Morgan fingerprint density at radius 2 is 2.10 bits per heavy atom. The number of ether oxygens (including phenoxy) is 1. The van der Waals surface area contributed by atoms with Gasteiger partial charge in [0.1, 0.15) is 18.2 Å². The number of nitrogens with zero attached hydrogens (tertiary/aromatic N) is 3. The summed E-state index contributed by atoms with van der Waals surface area (Å²) in [5.41, 5.74) is 5.39. The Hall–Kier alpha value is -1.99. The van der Waals surface area contributed by atoms with Gasteiger partial charge in [0, 0.05) is 6.54 Å².